The number of ether oxygens (including phenoxy) is 2. The number of aromatic nitrogens is 3. The molecule has 7 nitrogen and oxygen atoms in total. The molecule has 4 N–H and O–H groups in total. The van der Waals surface area contributed by atoms with Crippen LogP contribution in [0.25, 0.3) is 0 Å². The van der Waals surface area contributed by atoms with Crippen molar-refractivity contribution < 1.29 is 9.47 Å². The van der Waals surface area contributed by atoms with Gasteiger partial charge < -0.3 is 20.9 Å². The van der Waals surface area contributed by atoms with Crippen LogP contribution in [0.15, 0.2) is 18.2 Å². The fourth-order valence-corrected chi connectivity index (χ4v) is 1.70. The molecule has 3 rings (SSSR count). The van der Waals surface area contributed by atoms with Gasteiger partial charge in [-0.2, -0.15) is 4.98 Å². The minimum atomic E-state index is 0.170. The van der Waals surface area contributed by atoms with E-state index in [1.54, 1.807) is 0 Å². The van der Waals surface area contributed by atoms with Crippen LogP contribution in [0.3, 0.4) is 0 Å². The van der Waals surface area contributed by atoms with Gasteiger partial charge in [-0.25, -0.2) is 4.68 Å². The summed E-state index contributed by atoms with van der Waals surface area (Å²) in [6.45, 7) is 0.754. The van der Waals surface area contributed by atoms with Crippen molar-refractivity contribution in [3.63, 3.8) is 0 Å². The number of hydrogen-bond donors (Lipinski definition) is 2. The van der Waals surface area contributed by atoms with Crippen LogP contribution >= 0.6 is 0 Å². The molecule has 0 fully saturated rings. The summed E-state index contributed by atoms with van der Waals surface area (Å²) >= 11 is 0. The molecule has 0 unspecified atom stereocenters. The highest BCUT2D eigenvalue weighted by atomic mass is 16.7. The molecule has 1 aromatic heterocycles. The highest BCUT2D eigenvalue weighted by Crippen LogP contribution is 2.32. The van der Waals surface area contributed by atoms with E-state index in [2.05, 4.69) is 10.1 Å². The van der Waals surface area contributed by atoms with Gasteiger partial charge in [0.25, 0.3) is 0 Å². The summed E-state index contributed by atoms with van der Waals surface area (Å²) in [5, 5.41) is 3.99. The third kappa shape index (κ3) is 1.71. The van der Waals surface area contributed by atoms with Crippen LogP contribution in [-0.4, -0.2) is 21.6 Å². The second-order valence-electron chi connectivity index (χ2n) is 3.67. The van der Waals surface area contributed by atoms with Crippen LogP contribution in [-0.2, 0) is 6.54 Å². The second-order valence-corrected chi connectivity index (χ2v) is 3.67. The molecule has 1 aromatic carbocycles. The highest BCUT2D eigenvalue weighted by molar-refractivity contribution is 5.44. The Morgan fingerprint density at radius 2 is 2.06 bits per heavy atom. The molecule has 88 valence electrons. The van der Waals surface area contributed by atoms with Crippen LogP contribution in [0, 0.1) is 0 Å². The lowest BCUT2D eigenvalue weighted by molar-refractivity contribution is 0.174. The summed E-state index contributed by atoms with van der Waals surface area (Å²) < 4.78 is 12.1. The molecule has 0 saturated carbocycles. The Bertz CT molecular complexity index is 566. The van der Waals surface area contributed by atoms with Gasteiger partial charge >= 0.3 is 0 Å². The molecule has 2 heterocycles. The van der Waals surface area contributed by atoms with Crippen molar-refractivity contribution in [3.8, 4) is 11.5 Å². The van der Waals surface area contributed by atoms with Gasteiger partial charge in [0.2, 0.25) is 18.7 Å². The molecule has 2 aromatic rings. The minimum Gasteiger partial charge on any atom is -0.454 e. The number of anilines is 2. The van der Waals surface area contributed by atoms with E-state index in [0.717, 1.165) is 17.1 Å². The third-order valence-corrected chi connectivity index (χ3v) is 2.49. The molecule has 7 heteroatoms. The van der Waals surface area contributed by atoms with Crippen LogP contribution in [0.5, 0.6) is 11.5 Å². The van der Waals surface area contributed by atoms with Crippen molar-refractivity contribution in [1.29, 1.82) is 0 Å². The van der Waals surface area contributed by atoms with Crippen molar-refractivity contribution >= 4 is 11.9 Å². The Labute approximate surface area is 96.9 Å². The lowest BCUT2D eigenvalue weighted by Gasteiger charge is -2.04. The Morgan fingerprint density at radius 1 is 1.24 bits per heavy atom. The number of nitrogen functional groups attached to an aromatic ring is 2. The first-order chi connectivity index (χ1) is 8.22. The average molecular weight is 233 g/mol. The van der Waals surface area contributed by atoms with E-state index in [9.17, 15) is 0 Å². The summed E-state index contributed by atoms with van der Waals surface area (Å²) in [5.74, 6) is 1.94. The molecule has 0 aliphatic carbocycles. The first-order valence-electron chi connectivity index (χ1n) is 5.07. The molecular formula is C10H11N5O2. The summed E-state index contributed by atoms with van der Waals surface area (Å²) in [6.07, 6.45) is 0. The van der Waals surface area contributed by atoms with E-state index in [0.29, 0.717) is 12.5 Å². The molecule has 0 radical (unpaired) electrons. The van der Waals surface area contributed by atoms with Crippen molar-refractivity contribution in [2.75, 3.05) is 18.3 Å². The summed E-state index contributed by atoms with van der Waals surface area (Å²) in [5.41, 5.74) is 12.1. The lowest BCUT2D eigenvalue weighted by Crippen LogP contribution is -2.06. The van der Waals surface area contributed by atoms with Crippen LogP contribution < -0.4 is 20.9 Å². The number of nitrogens with two attached hydrogens (primary N) is 2. The van der Waals surface area contributed by atoms with Crippen LogP contribution in [0.2, 0.25) is 0 Å². The van der Waals surface area contributed by atoms with Crippen LogP contribution in [0.4, 0.5) is 11.9 Å². The fraction of sp³-hybridized carbons (Fsp3) is 0.200. The van der Waals surface area contributed by atoms with Gasteiger partial charge in [0.15, 0.2) is 11.5 Å². The predicted octanol–water partition coefficient (Wildman–Crippen LogP) is 0.219. The largest absolute Gasteiger partial charge is 0.454 e. The highest BCUT2D eigenvalue weighted by Gasteiger charge is 2.14. The van der Waals surface area contributed by atoms with Crippen molar-refractivity contribution in [2.45, 2.75) is 6.54 Å². The monoisotopic (exact) mass is 233 g/mol. The summed E-state index contributed by atoms with van der Waals surface area (Å²) in [6, 6.07) is 5.67. The van der Waals surface area contributed by atoms with Crippen molar-refractivity contribution in [1.82, 2.24) is 14.8 Å². The van der Waals surface area contributed by atoms with Gasteiger partial charge in [0.05, 0.1) is 6.54 Å². The van der Waals surface area contributed by atoms with E-state index < -0.39 is 0 Å². The number of nitrogens with zero attached hydrogens (tertiary/aromatic N) is 3. The Kier molecular flexibility index (Phi) is 2.04. The smallest absolute Gasteiger partial charge is 0.241 e. The van der Waals surface area contributed by atoms with Gasteiger partial charge in [-0.05, 0) is 17.7 Å². The van der Waals surface area contributed by atoms with E-state index in [1.165, 1.54) is 4.68 Å². The molecule has 0 saturated heterocycles. The lowest BCUT2D eigenvalue weighted by atomic mass is 10.2. The number of hydrogen-bond acceptors (Lipinski definition) is 6. The Balaban J connectivity index is 1.88. The zero-order valence-electron chi connectivity index (χ0n) is 8.96. The van der Waals surface area contributed by atoms with Crippen LogP contribution in [0.1, 0.15) is 5.56 Å². The number of fused-ring (bicyclic) bond motifs is 1. The molecule has 1 aliphatic rings. The topological polar surface area (TPSA) is 101 Å². The minimum absolute atomic E-state index is 0.170. The van der Waals surface area contributed by atoms with Gasteiger partial charge in [0, 0.05) is 0 Å². The first kappa shape index (κ1) is 9.76. The Hall–Kier alpha value is -2.44. The number of benzene rings is 1. The molecule has 17 heavy (non-hydrogen) atoms. The molecular weight excluding hydrogens is 222 g/mol. The predicted molar refractivity (Wildman–Crippen MR) is 60.5 cm³/mol. The van der Waals surface area contributed by atoms with E-state index >= 15 is 0 Å². The molecule has 1 aliphatic heterocycles. The zero-order chi connectivity index (χ0) is 11.8. The SMILES string of the molecule is Nc1nc(N)n(Cc2ccc3c(c2)OCO3)n1. The van der Waals surface area contributed by atoms with E-state index in [-0.39, 0.29) is 12.7 Å². The molecule has 0 spiro atoms. The average Bonchev–Trinajstić information content (AvgIpc) is 2.85. The van der Waals surface area contributed by atoms with E-state index in [4.69, 9.17) is 20.9 Å². The first-order valence-corrected chi connectivity index (χ1v) is 5.07. The summed E-state index contributed by atoms with van der Waals surface area (Å²) in [7, 11) is 0. The maximum Gasteiger partial charge on any atom is 0.241 e. The normalized spacial score (nSPS) is 12.9. The van der Waals surface area contributed by atoms with Gasteiger partial charge in [-0.3, -0.25) is 0 Å². The zero-order valence-corrected chi connectivity index (χ0v) is 8.96. The van der Waals surface area contributed by atoms with Gasteiger partial charge in [-0.15, -0.1) is 5.10 Å². The molecule has 0 amide bonds. The standard InChI is InChI=1S/C10H11N5O2/c11-9-13-10(12)15(14-9)4-6-1-2-7-8(3-6)17-5-16-7/h1-3H,4-5H2,(H4,11,12,13,14). The summed E-state index contributed by atoms with van der Waals surface area (Å²) in [4.78, 5) is 3.83. The third-order valence-electron chi connectivity index (χ3n) is 2.49. The fourth-order valence-electron chi connectivity index (χ4n) is 1.70. The van der Waals surface area contributed by atoms with Crippen molar-refractivity contribution in [3.05, 3.63) is 23.8 Å². The quantitative estimate of drug-likeness (QED) is 0.769. The molecule has 0 bridgehead atoms. The van der Waals surface area contributed by atoms with Gasteiger partial charge in [0.1, 0.15) is 0 Å². The number of rotatable bonds is 2. The molecule has 0 atom stereocenters. The maximum atomic E-state index is 5.66. The maximum absolute atomic E-state index is 5.66. The Morgan fingerprint density at radius 3 is 2.82 bits per heavy atom. The van der Waals surface area contributed by atoms with Crippen molar-refractivity contribution in [2.24, 2.45) is 0 Å². The van der Waals surface area contributed by atoms with E-state index in [1.807, 2.05) is 18.2 Å². The second kappa shape index (κ2) is 3.55. The van der Waals surface area contributed by atoms with Gasteiger partial charge in [-0.1, -0.05) is 6.07 Å².